The van der Waals surface area contributed by atoms with Crippen LogP contribution in [0, 0.1) is 16.0 Å². The molecule has 0 bridgehead atoms. The summed E-state index contributed by atoms with van der Waals surface area (Å²) in [5.74, 6) is 0.323. The Morgan fingerprint density at radius 3 is 2.54 bits per heavy atom. The number of carbonyl (C=O) groups is 1. The third-order valence-corrected chi connectivity index (χ3v) is 6.36. The summed E-state index contributed by atoms with van der Waals surface area (Å²) in [7, 11) is 0. The van der Waals surface area contributed by atoms with E-state index in [2.05, 4.69) is 22.0 Å². The first kappa shape index (κ1) is 19.2. The Kier molecular flexibility index (Phi) is 5.53. The molecule has 0 aromatic heterocycles. The Labute approximate surface area is 166 Å². The lowest BCUT2D eigenvalue weighted by Gasteiger charge is -2.33. The number of anilines is 1. The van der Waals surface area contributed by atoms with Crippen molar-refractivity contribution in [1.82, 2.24) is 10.2 Å². The van der Waals surface area contributed by atoms with Crippen LogP contribution in [0.25, 0.3) is 0 Å². The highest BCUT2D eigenvalue weighted by Crippen LogP contribution is 2.33. The summed E-state index contributed by atoms with van der Waals surface area (Å²) < 4.78 is 0. The van der Waals surface area contributed by atoms with Gasteiger partial charge in [0.15, 0.2) is 0 Å². The number of likely N-dealkylation sites (tertiary alicyclic amines) is 1. The van der Waals surface area contributed by atoms with Crippen molar-refractivity contribution < 1.29 is 9.72 Å². The van der Waals surface area contributed by atoms with Crippen LogP contribution in [0.2, 0.25) is 0 Å². The van der Waals surface area contributed by atoms with E-state index in [1.807, 2.05) is 0 Å². The van der Waals surface area contributed by atoms with Gasteiger partial charge in [-0.15, -0.1) is 0 Å². The minimum Gasteiger partial charge on any atom is -0.366 e. The molecule has 1 saturated carbocycles. The Morgan fingerprint density at radius 2 is 1.89 bits per heavy atom. The molecule has 2 heterocycles. The molecule has 2 saturated heterocycles. The maximum absolute atomic E-state index is 12.7. The molecule has 1 aromatic carbocycles. The third-order valence-electron chi connectivity index (χ3n) is 6.36. The first-order chi connectivity index (χ1) is 13.5. The normalized spacial score (nSPS) is 24.2. The number of benzene rings is 1. The van der Waals surface area contributed by atoms with Crippen molar-refractivity contribution in [2.24, 2.45) is 5.92 Å². The van der Waals surface area contributed by atoms with Gasteiger partial charge in [-0.25, -0.2) is 0 Å². The van der Waals surface area contributed by atoms with Crippen LogP contribution in [-0.2, 0) is 0 Å². The zero-order valence-electron chi connectivity index (χ0n) is 16.6. The number of carbonyl (C=O) groups excluding carboxylic acids is 1. The van der Waals surface area contributed by atoms with Gasteiger partial charge in [-0.3, -0.25) is 14.9 Å². The monoisotopic (exact) mass is 386 g/mol. The minimum absolute atomic E-state index is 0.0327. The summed E-state index contributed by atoms with van der Waals surface area (Å²) in [5, 5.41) is 14.7. The maximum Gasteiger partial charge on any atom is 0.293 e. The standard InChI is InChI=1S/C21H30N4O3/c1-15-3-2-10-24(14-15)19-7-4-16(13-20(19)25(27)28)21(26)22-17-8-11-23(12-9-17)18-5-6-18/h4,7,13,15,17-18H,2-3,5-6,8-12,14H2,1H3,(H,22,26). The number of hydrogen-bond donors (Lipinski definition) is 1. The highest BCUT2D eigenvalue weighted by atomic mass is 16.6. The lowest BCUT2D eigenvalue weighted by Crippen LogP contribution is -2.45. The third kappa shape index (κ3) is 4.29. The fraction of sp³-hybridized carbons (Fsp3) is 0.667. The van der Waals surface area contributed by atoms with Crippen molar-refractivity contribution in [3.8, 4) is 0 Å². The number of nitro benzene ring substituents is 1. The van der Waals surface area contributed by atoms with E-state index in [0.29, 0.717) is 17.2 Å². The van der Waals surface area contributed by atoms with Crippen LogP contribution in [0.4, 0.5) is 11.4 Å². The summed E-state index contributed by atoms with van der Waals surface area (Å²) in [5.41, 5.74) is 1.04. The lowest BCUT2D eigenvalue weighted by atomic mass is 9.99. The van der Waals surface area contributed by atoms with E-state index in [1.165, 1.54) is 18.9 Å². The van der Waals surface area contributed by atoms with Gasteiger partial charge in [-0.2, -0.15) is 0 Å². The van der Waals surface area contributed by atoms with Crippen LogP contribution in [0.3, 0.4) is 0 Å². The van der Waals surface area contributed by atoms with Gasteiger partial charge in [0.1, 0.15) is 5.69 Å². The number of nitro groups is 1. The summed E-state index contributed by atoms with van der Waals surface area (Å²) >= 11 is 0. The molecule has 7 heteroatoms. The van der Waals surface area contributed by atoms with Gasteiger partial charge in [-0.1, -0.05) is 6.92 Å². The number of nitrogens with one attached hydrogen (secondary N) is 1. The molecule has 28 heavy (non-hydrogen) atoms. The summed E-state index contributed by atoms with van der Waals surface area (Å²) in [6, 6.07) is 5.86. The number of amides is 1. The van der Waals surface area contributed by atoms with Crippen LogP contribution in [0.1, 0.15) is 55.8 Å². The fourth-order valence-electron chi connectivity index (χ4n) is 4.60. The minimum atomic E-state index is -0.362. The van der Waals surface area contributed by atoms with E-state index in [1.54, 1.807) is 12.1 Å². The summed E-state index contributed by atoms with van der Waals surface area (Å²) in [6.45, 7) is 5.89. The topological polar surface area (TPSA) is 78.7 Å². The molecule has 0 radical (unpaired) electrons. The van der Waals surface area contributed by atoms with Crippen LogP contribution in [-0.4, -0.2) is 54.0 Å². The predicted octanol–water partition coefficient (Wildman–Crippen LogP) is 3.19. The van der Waals surface area contributed by atoms with Crippen LogP contribution >= 0.6 is 0 Å². The molecule has 1 unspecified atom stereocenters. The Hall–Kier alpha value is -2.15. The summed E-state index contributed by atoms with van der Waals surface area (Å²) in [4.78, 5) is 28.6. The van der Waals surface area contributed by atoms with E-state index in [4.69, 9.17) is 0 Å². The van der Waals surface area contributed by atoms with Crippen molar-refractivity contribution in [1.29, 1.82) is 0 Å². The number of piperidine rings is 2. The van der Waals surface area contributed by atoms with E-state index in [-0.39, 0.29) is 22.6 Å². The highest BCUT2D eigenvalue weighted by Gasteiger charge is 2.32. The molecule has 2 aliphatic heterocycles. The van der Waals surface area contributed by atoms with Gasteiger partial charge >= 0.3 is 0 Å². The van der Waals surface area contributed by atoms with Crippen molar-refractivity contribution in [2.45, 2.75) is 57.5 Å². The van der Waals surface area contributed by atoms with Crippen molar-refractivity contribution >= 4 is 17.3 Å². The SMILES string of the molecule is CC1CCCN(c2ccc(C(=O)NC3CCN(C4CC4)CC3)cc2[N+](=O)[O-])C1. The molecule has 1 aromatic rings. The molecular weight excluding hydrogens is 356 g/mol. The fourth-order valence-corrected chi connectivity index (χ4v) is 4.60. The second kappa shape index (κ2) is 8.07. The van der Waals surface area contributed by atoms with Crippen molar-refractivity contribution in [3.05, 3.63) is 33.9 Å². The van der Waals surface area contributed by atoms with Crippen LogP contribution < -0.4 is 10.2 Å². The predicted molar refractivity (Wildman–Crippen MR) is 109 cm³/mol. The molecule has 1 atom stereocenters. The quantitative estimate of drug-likeness (QED) is 0.621. The number of nitrogens with zero attached hydrogens (tertiary/aromatic N) is 3. The number of hydrogen-bond acceptors (Lipinski definition) is 5. The van der Waals surface area contributed by atoms with E-state index >= 15 is 0 Å². The molecule has 1 aliphatic carbocycles. The van der Waals surface area contributed by atoms with Gasteiger partial charge < -0.3 is 15.1 Å². The van der Waals surface area contributed by atoms with E-state index < -0.39 is 0 Å². The molecule has 0 spiro atoms. The van der Waals surface area contributed by atoms with E-state index in [0.717, 1.165) is 57.9 Å². The van der Waals surface area contributed by atoms with Gasteiger partial charge in [-0.05, 0) is 56.6 Å². The maximum atomic E-state index is 12.7. The molecular formula is C21H30N4O3. The largest absolute Gasteiger partial charge is 0.366 e. The van der Waals surface area contributed by atoms with Gasteiger partial charge in [0.05, 0.1) is 4.92 Å². The summed E-state index contributed by atoms with van der Waals surface area (Å²) in [6.07, 6.45) is 6.72. The first-order valence-corrected chi connectivity index (χ1v) is 10.6. The molecule has 3 fully saturated rings. The van der Waals surface area contributed by atoms with Crippen molar-refractivity contribution in [3.63, 3.8) is 0 Å². The van der Waals surface area contributed by atoms with Crippen molar-refractivity contribution in [2.75, 3.05) is 31.1 Å². The van der Waals surface area contributed by atoms with Gasteiger partial charge in [0.2, 0.25) is 0 Å². The smallest absolute Gasteiger partial charge is 0.293 e. The second-order valence-corrected chi connectivity index (χ2v) is 8.67. The molecule has 1 N–H and O–H groups in total. The molecule has 1 amide bonds. The van der Waals surface area contributed by atoms with Gasteiger partial charge in [0.25, 0.3) is 11.6 Å². The zero-order valence-corrected chi connectivity index (χ0v) is 16.6. The molecule has 7 nitrogen and oxygen atoms in total. The van der Waals surface area contributed by atoms with Gasteiger partial charge in [0, 0.05) is 49.9 Å². The average Bonchev–Trinajstić information content (AvgIpc) is 3.53. The number of rotatable bonds is 5. The molecule has 4 rings (SSSR count). The van der Waals surface area contributed by atoms with Crippen LogP contribution in [0.15, 0.2) is 18.2 Å². The lowest BCUT2D eigenvalue weighted by molar-refractivity contribution is -0.384. The second-order valence-electron chi connectivity index (χ2n) is 8.67. The molecule has 3 aliphatic rings. The Morgan fingerprint density at radius 1 is 1.14 bits per heavy atom. The van der Waals surface area contributed by atoms with Crippen LogP contribution in [0.5, 0.6) is 0 Å². The van der Waals surface area contributed by atoms with E-state index in [9.17, 15) is 14.9 Å². The molecule has 152 valence electrons. The highest BCUT2D eigenvalue weighted by molar-refractivity contribution is 5.96. The average molecular weight is 386 g/mol. The first-order valence-electron chi connectivity index (χ1n) is 10.6. The Balaban J connectivity index is 1.43. The zero-order chi connectivity index (χ0) is 19.7. The Bertz CT molecular complexity index is 741.